The highest BCUT2D eigenvalue weighted by atomic mass is 16.5. The number of morpholine rings is 1. The first kappa shape index (κ1) is 14.4. The van der Waals surface area contributed by atoms with E-state index in [1.807, 2.05) is 29.4 Å². The molecule has 1 heterocycles. The smallest absolute Gasteiger partial charge is 0.161 e. The molecule has 108 valence electrons. The van der Waals surface area contributed by atoms with Crippen molar-refractivity contribution in [2.24, 2.45) is 5.10 Å². The lowest BCUT2D eigenvalue weighted by Gasteiger charge is -2.23. The summed E-state index contributed by atoms with van der Waals surface area (Å²) < 4.78 is 16.1. The molecule has 0 spiro atoms. The first-order valence-corrected chi connectivity index (χ1v) is 6.62. The van der Waals surface area contributed by atoms with E-state index in [1.54, 1.807) is 13.2 Å². The third-order valence-corrected chi connectivity index (χ3v) is 2.90. The Balaban J connectivity index is 2.04. The van der Waals surface area contributed by atoms with Crippen LogP contribution in [-0.4, -0.2) is 51.2 Å². The highest BCUT2D eigenvalue weighted by Crippen LogP contribution is 2.27. The second-order valence-electron chi connectivity index (χ2n) is 4.32. The van der Waals surface area contributed by atoms with Crippen LogP contribution in [0.5, 0.6) is 11.5 Å². The van der Waals surface area contributed by atoms with Gasteiger partial charge in [0.15, 0.2) is 11.5 Å². The van der Waals surface area contributed by atoms with Gasteiger partial charge in [0.2, 0.25) is 0 Å². The molecule has 1 saturated heterocycles. The Morgan fingerprint density at radius 3 is 2.85 bits per heavy atom. The van der Waals surface area contributed by atoms with Crippen LogP contribution >= 0.6 is 0 Å². The maximum Gasteiger partial charge on any atom is 0.161 e. The maximum atomic E-state index is 5.51. The molecule has 2 rings (SSSR count). The standard InChI is InChI=1S/C15H20N2O3/c1-3-8-20-14-5-4-13(11-15(14)18-2)12-16-17-6-9-19-10-7-17/h3-5,11-12H,1,6-10H2,2H3/b16-12+. The molecule has 1 aliphatic heterocycles. The van der Waals surface area contributed by atoms with E-state index in [9.17, 15) is 0 Å². The van der Waals surface area contributed by atoms with Crippen LogP contribution in [0.4, 0.5) is 0 Å². The molecule has 0 bridgehead atoms. The molecular weight excluding hydrogens is 256 g/mol. The summed E-state index contributed by atoms with van der Waals surface area (Å²) in [4.78, 5) is 0. The number of methoxy groups -OCH3 is 1. The molecule has 1 fully saturated rings. The summed E-state index contributed by atoms with van der Waals surface area (Å²) in [6.07, 6.45) is 3.53. The highest BCUT2D eigenvalue weighted by Gasteiger charge is 2.07. The Labute approximate surface area is 119 Å². The second-order valence-corrected chi connectivity index (χ2v) is 4.32. The lowest BCUT2D eigenvalue weighted by atomic mass is 10.2. The van der Waals surface area contributed by atoms with Crippen molar-refractivity contribution < 1.29 is 14.2 Å². The van der Waals surface area contributed by atoms with Gasteiger partial charge in [-0.1, -0.05) is 12.7 Å². The van der Waals surface area contributed by atoms with E-state index in [0.717, 1.165) is 31.9 Å². The highest BCUT2D eigenvalue weighted by molar-refractivity contribution is 5.80. The maximum absolute atomic E-state index is 5.51. The van der Waals surface area contributed by atoms with Gasteiger partial charge in [-0.25, -0.2) is 0 Å². The molecule has 1 aromatic rings. The lowest BCUT2D eigenvalue weighted by molar-refractivity contribution is 0.0397. The van der Waals surface area contributed by atoms with E-state index in [0.29, 0.717) is 18.1 Å². The van der Waals surface area contributed by atoms with E-state index in [1.165, 1.54) is 0 Å². The zero-order chi connectivity index (χ0) is 14.2. The minimum absolute atomic E-state index is 0.456. The summed E-state index contributed by atoms with van der Waals surface area (Å²) in [5, 5.41) is 6.43. The van der Waals surface area contributed by atoms with Gasteiger partial charge in [-0.05, 0) is 23.8 Å². The monoisotopic (exact) mass is 276 g/mol. The molecule has 0 saturated carbocycles. The number of benzene rings is 1. The topological polar surface area (TPSA) is 43.3 Å². The van der Waals surface area contributed by atoms with Crippen molar-refractivity contribution in [1.82, 2.24) is 5.01 Å². The zero-order valence-electron chi connectivity index (χ0n) is 11.7. The van der Waals surface area contributed by atoms with Crippen LogP contribution in [-0.2, 0) is 4.74 Å². The largest absolute Gasteiger partial charge is 0.493 e. The Morgan fingerprint density at radius 1 is 1.35 bits per heavy atom. The molecule has 0 unspecified atom stereocenters. The van der Waals surface area contributed by atoms with Gasteiger partial charge in [0.1, 0.15) is 6.61 Å². The van der Waals surface area contributed by atoms with Crippen LogP contribution in [0.15, 0.2) is 36.0 Å². The Morgan fingerprint density at radius 2 is 2.15 bits per heavy atom. The van der Waals surface area contributed by atoms with Gasteiger partial charge in [0.25, 0.3) is 0 Å². The minimum Gasteiger partial charge on any atom is -0.493 e. The fourth-order valence-electron chi connectivity index (χ4n) is 1.85. The molecule has 20 heavy (non-hydrogen) atoms. The number of hydrogen-bond donors (Lipinski definition) is 0. The van der Waals surface area contributed by atoms with Crippen LogP contribution in [0.25, 0.3) is 0 Å². The van der Waals surface area contributed by atoms with Crippen molar-refractivity contribution in [2.45, 2.75) is 0 Å². The molecule has 5 nitrogen and oxygen atoms in total. The summed E-state index contributed by atoms with van der Waals surface area (Å²) in [5.41, 5.74) is 0.972. The van der Waals surface area contributed by atoms with Gasteiger partial charge in [0, 0.05) is 0 Å². The number of rotatable bonds is 6. The summed E-state index contributed by atoms with van der Waals surface area (Å²) in [6.45, 7) is 7.20. The molecule has 0 atom stereocenters. The van der Waals surface area contributed by atoms with Gasteiger partial charge < -0.3 is 14.2 Å². The van der Waals surface area contributed by atoms with Gasteiger partial charge in [-0.2, -0.15) is 5.10 Å². The Hall–Kier alpha value is -2.01. The molecule has 0 amide bonds. The predicted octanol–water partition coefficient (Wildman–Crippen LogP) is 1.93. The molecule has 0 aliphatic carbocycles. The Bertz CT molecular complexity index is 468. The van der Waals surface area contributed by atoms with E-state index in [-0.39, 0.29) is 0 Å². The lowest BCUT2D eigenvalue weighted by Crippen LogP contribution is -2.32. The number of hydrogen-bond acceptors (Lipinski definition) is 5. The zero-order valence-corrected chi connectivity index (χ0v) is 11.7. The molecular formula is C15H20N2O3. The minimum atomic E-state index is 0.456. The normalized spacial score (nSPS) is 15.3. The van der Waals surface area contributed by atoms with Crippen molar-refractivity contribution in [2.75, 3.05) is 40.0 Å². The van der Waals surface area contributed by atoms with E-state index in [4.69, 9.17) is 14.2 Å². The average molecular weight is 276 g/mol. The SMILES string of the molecule is C=CCOc1ccc(/C=N/N2CCOCC2)cc1OC. The van der Waals surface area contributed by atoms with E-state index < -0.39 is 0 Å². The molecule has 0 N–H and O–H groups in total. The summed E-state index contributed by atoms with van der Waals surface area (Å²) >= 11 is 0. The third-order valence-electron chi connectivity index (χ3n) is 2.90. The summed E-state index contributed by atoms with van der Waals surface area (Å²) in [7, 11) is 1.62. The van der Waals surface area contributed by atoms with Gasteiger partial charge >= 0.3 is 0 Å². The fraction of sp³-hybridized carbons (Fsp3) is 0.400. The average Bonchev–Trinajstić information content (AvgIpc) is 2.52. The van der Waals surface area contributed by atoms with Gasteiger partial charge in [-0.3, -0.25) is 5.01 Å². The van der Waals surface area contributed by atoms with E-state index in [2.05, 4.69) is 11.7 Å². The molecule has 1 aromatic carbocycles. The molecule has 0 radical (unpaired) electrons. The summed E-state index contributed by atoms with van der Waals surface area (Å²) in [5.74, 6) is 1.40. The quantitative estimate of drug-likeness (QED) is 0.588. The van der Waals surface area contributed by atoms with Crippen molar-refractivity contribution in [3.05, 3.63) is 36.4 Å². The van der Waals surface area contributed by atoms with Crippen LogP contribution in [0, 0.1) is 0 Å². The summed E-state index contributed by atoms with van der Waals surface area (Å²) in [6, 6.07) is 5.73. The molecule has 1 aliphatic rings. The molecule has 0 aromatic heterocycles. The van der Waals surface area contributed by atoms with Crippen molar-refractivity contribution in [1.29, 1.82) is 0 Å². The van der Waals surface area contributed by atoms with Crippen molar-refractivity contribution in [3.8, 4) is 11.5 Å². The first-order chi connectivity index (χ1) is 9.83. The predicted molar refractivity (Wildman–Crippen MR) is 78.7 cm³/mol. The molecule has 5 heteroatoms. The van der Waals surface area contributed by atoms with Crippen molar-refractivity contribution >= 4 is 6.21 Å². The van der Waals surface area contributed by atoms with Crippen LogP contribution < -0.4 is 9.47 Å². The van der Waals surface area contributed by atoms with Crippen molar-refractivity contribution in [3.63, 3.8) is 0 Å². The third kappa shape index (κ3) is 3.99. The number of hydrazone groups is 1. The van der Waals surface area contributed by atoms with Gasteiger partial charge in [-0.15, -0.1) is 0 Å². The van der Waals surface area contributed by atoms with Gasteiger partial charge in [0.05, 0.1) is 39.6 Å². The number of nitrogens with zero attached hydrogens (tertiary/aromatic N) is 2. The number of ether oxygens (including phenoxy) is 3. The second kappa shape index (κ2) is 7.55. The Kier molecular flexibility index (Phi) is 5.43. The van der Waals surface area contributed by atoms with Crippen LogP contribution in [0.3, 0.4) is 0 Å². The first-order valence-electron chi connectivity index (χ1n) is 6.62. The van der Waals surface area contributed by atoms with E-state index >= 15 is 0 Å². The van der Waals surface area contributed by atoms with Crippen LogP contribution in [0.2, 0.25) is 0 Å². The fourth-order valence-corrected chi connectivity index (χ4v) is 1.85. The van der Waals surface area contributed by atoms with Crippen LogP contribution in [0.1, 0.15) is 5.56 Å².